The number of aromatic nitrogens is 3. The molecule has 0 aliphatic carbocycles. The summed E-state index contributed by atoms with van der Waals surface area (Å²) in [5.41, 5.74) is 4.33. The van der Waals surface area contributed by atoms with E-state index in [-0.39, 0.29) is 11.7 Å². The van der Waals surface area contributed by atoms with Crippen LogP contribution in [0, 0.1) is 0 Å². The number of Topliss-reactive ketones (excluding diaryl/α,β-unsaturated/α-hetero) is 1. The highest BCUT2D eigenvalue weighted by Gasteiger charge is 2.10. The molecule has 0 aliphatic heterocycles. The van der Waals surface area contributed by atoms with Crippen molar-refractivity contribution in [3.63, 3.8) is 0 Å². The van der Waals surface area contributed by atoms with Gasteiger partial charge in [0.05, 0.1) is 23.3 Å². The van der Waals surface area contributed by atoms with E-state index in [2.05, 4.69) is 20.3 Å². The van der Waals surface area contributed by atoms with E-state index in [4.69, 9.17) is 0 Å². The van der Waals surface area contributed by atoms with E-state index in [1.165, 1.54) is 6.92 Å². The number of carbonyl (C=O) groups is 2. The monoisotopic (exact) mass is 370 g/mol. The lowest BCUT2D eigenvalue weighted by molar-refractivity contribution is 0.0949. The highest BCUT2D eigenvalue weighted by Crippen LogP contribution is 2.20. The van der Waals surface area contributed by atoms with E-state index in [9.17, 15) is 9.59 Å². The molecule has 2 heterocycles. The minimum Gasteiger partial charge on any atom is -0.345 e. The SMILES string of the molecule is CC(=O)c1cccc(-c2cc(C(=O)NCc3nc4ccccc4[nH]3)ccn2)c1. The molecule has 2 aromatic carbocycles. The van der Waals surface area contributed by atoms with Crippen molar-refractivity contribution in [3.8, 4) is 11.3 Å². The van der Waals surface area contributed by atoms with E-state index in [1.807, 2.05) is 36.4 Å². The average Bonchev–Trinajstić information content (AvgIpc) is 3.15. The molecule has 0 saturated heterocycles. The number of nitrogens with one attached hydrogen (secondary N) is 2. The molecule has 2 aromatic heterocycles. The van der Waals surface area contributed by atoms with Crippen LogP contribution in [0.25, 0.3) is 22.3 Å². The van der Waals surface area contributed by atoms with Crippen LogP contribution in [-0.2, 0) is 6.54 Å². The fourth-order valence-electron chi connectivity index (χ4n) is 2.98. The second-order valence-electron chi connectivity index (χ2n) is 6.45. The second kappa shape index (κ2) is 7.44. The fraction of sp³-hybridized carbons (Fsp3) is 0.0909. The van der Waals surface area contributed by atoms with Crippen molar-refractivity contribution < 1.29 is 9.59 Å². The number of nitrogens with zero attached hydrogens (tertiary/aromatic N) is 2. The molecule has 0 spiro atoms. The maximum Gasteiger partial charge on any atom is 0.251 e. The smallest absolute Gasteiger partial charge is 0.251 e. The van der Waals surface area contributed by atoms with Gasteiger partial charge in [-0.3, -0.25) is 14.6 Å². The number of pyridine rings is 1. The van der Waals surface area contributed by atoms with Gasteiger partial charge in [-0.05, 0) is 37.3 Å². The number of fused-ring (bicyclic) bond motifs is 1. The Labute approximate surface area is 161 Å². The standard InChI is InChI=1S/C22H18N4O2/c1-14(27)15-5-4-6-16(11-15)20-12-17(9-10-23-20)22(28)24-13-21-25-18-7-2-3-8-19(18)26-21/h2-12H,13H2,1H3,(H,24,28)(H,25,26). The quantitative estimate of drug-likeness (QED) is 0.524. The summed E-state index contributed by atoms with van der Waals surface area (Å²) in [5, 5.41) is 2.87. The van der Waals surface area contributed by atoms with Gasteiger partial charge in [-0.2, -0.15) is 0 Å². The first-order valence-corrected chi connectivity index (χ1v) is 8.89. The van der Waals surface area contributed by atoms with E-state index in [0.717, 1.165) is 16.6 Å². The summed E-state index contributed by atoms with van der Waals surface area (Å²) in [6.07, 6.45) is 1.59. The molecule has 28 heavy (non-hydrogen) atoms. The molecule has 0 fully saturated rings. The van der Waals surface area contributed by atoms with Crippen LogP contribution in [0.1, 0.15) is 33.5 Å². The molecular formula is C22H18N4O2. The highest BCUT2D eigenvalue weighted by atomic mass is 16.1. The lowest BCUT2D eigenvalue weighted by Crippen LogP contribution is -2.23. The Morgan fingerprint density at radius 2 is 1.86 bits per heavy atom. The van der Waals surface area contributed by atoms with E-state index >= 15 is 0 Å². The molecule has 4 aromatic rings. The number of rotatable bonds is 5. The summed E-state index contributed by atoms with van der Waals surface area (Å²) >= 11 is 0. The van der Waals surface area contributed by atoms with E-state index in [1.54, 1.807) is 30.5 Å². The Kier molecular flexibility index (Phi) is 4.68. The van der Waals surface area contributed by atoms with E-state index in [0.29, 0.717) is 29.2 Å². The minimum atomic E-state index is -0.216. The molecule has 1 amide bonds. The normalized spacial score (nSPS) is 10.8. The lowest BCUT2D eigenvalue weighted by atomic mass is 10.0. The van der Waals surface area contributed by atoms with Gasteiger partial charge in [0.25, 0.3) is 5.91 Å². The van der Waals surface area contributed by atoms with Crippen molar-refractivity contribution in [1.29, 1.82) is 0 Å². The zero-order chi connectivity index (χ0) is 19.5. The van der Waals surface area contributed by atoms with Gasteiger partial charge in [0.1, 0.15) is 5.82 Å². The number of para-hydroxylation sites is 2. The molecule has 2 N–H and O–H groups in total. The van der Waals surface area contributed by atoms with Crippen LogP contribution in [0.15, 0.2) is 66.9 Å². The maximum absolute atomic E-state index is 12.6. The van der Waals surface area contributed by atoms with E-state index < -0.39 is 0 Å². The number of benzene rings is 2. The number of amides is 1. The van der Waals surface area contributed by atoms with Crippen molar-refractivity contribution in [2.45, 2.75) is 13.5 Å². The number of hydrogen-bond donors (Lipinski definition) is 2. The van der Waals surface area contributed by atoms with Gasteiger partial charge in [0.15, 0.2) is 5.78 Å². The fourth-order valence-corrected chi connectivity index (χ4v) is 2.98. The zero-order valence-corrected chi connectivity index (χ0v) is 15.3. The number of carbonyl (C=O) groups excluding carboxylic acids is 2. The summed E-state index contributed by atoms with van der Waals surface area (Å²) in [5.74, 6) is 0.464. The Morgan fingerprint density at radius 3 is 2.68 bits per heavy atom. The van der Waals surface area contributed by atoms with Crippen molar-refractivity contribution in [1.82, 2.24) is 20.3 Å². The Balaban J connectivity index is 1.51. The zero-order valence-electron chi connectivity index (χ0n) is 15.3. The van der Waals surface area contributed by atoms with Gasteiger partial charge in [-0.25, -0.2) is 4.98 Å². The summed E-state index contributed by atoms with van der Waals surface area (Å²) in [7, 11) is 0. The molecule has 138 valence electrons. The van der Waals surface area contributed by atoms with Gasteiger partial charge >= 0.3 is 0 Å². The Hall–Kier alpha value is -3.80. The second-order valence-corrected chi connectivity index (χ2v) is 6.45. The van der Waals surface area contributed by atoms with Crippen LogP contribution in [-0.4, -0.2) is 26.6 Å². The van der Waals surface area contributed by atoms with Gasteiger partial charge in [0.2, 0.25) is 0 Å². The van der Waals surface area contributed by atoms with Gasteiger partial charge in [-0.15, -0.1) is 0 Å². The predicted octanol–water partition coefficient (Wildman–Crippen LogP) is 3.76. The first-order chi connectivity index (χ1) is 13.6. The molecular weight excluding hydrogens is 352 g/mol. The number of ketones is 1. The molecule has 0 atom stereocenters. The van der Waals surface area contributed by atoms with Crippen LogP contribution < -0.4 is 5.32 Å². The largest absolute Gasteiger partial charge is 0.345 e. The first-order valence-electron chi connectivity index (χ1n) is 8.89. The van der Waals surface area contributed by atoms with Crippen molar-refractivity contribution in [2.75, 3.05) is 0 Å². The molecule has 4 rings (SSSR count). The van der Waals surface area contributed by atoms with Gasteiger partial charge < -0.3 is 10.3 Å². The highest BCUT2D eigenvalue weighted by molar-refractivity contribution is 5.96. The molecule has 0 bridgehead atoms. The molecule has 0 radical (unpaired) electrons. The molecule has 6 nitrogen and oxygen atoms in total. The van der Waals surface area contributed by atoms with Crippen molar-refractivity contribution >= 4 is 22.7 Å². The van der Waals surface area contributed by atoms with Crippen LogP contribution in [0.2, 0.25) is 0 Å². The summed E-state index contributed by atoms with van der Waals surface area (Å²) in [6, 6.07) is 18.3. The average molecular weight is 370 g/mol. The number of H-pyrrole nitrogens is 1. The third kappa shape index (κ3) is 3.66. The number of hydrogen-bond acceptors (Lipinski definition) is 4. The predicted molar refractivity (Wildman–Crippen MR) is 107 cm³/mol. The topological polar surface area (TPSA) is 87.7 Å². The van der Waals surface area contributed by atoms with Gasteiger partial charge in [-0.1, -0.05) is 30.3 Å². The molecule has 0 saturated carbocycles. The molecule has 0 aliphatic rings. The lowest BCUT2D eigenvalue weighted by Gasteiger charge is -2.07. The van der Waals surface area contributed by atoms with Crippen LogP contribution in [0.4, 0.5) is 0 Å². The molecule has 0 unspecified atom stereocenters. The molecule has 6 heteroatoms. The van der Waals surface area contributed by atoms with Crippen LogP contribution >= 0.6 is 0 Å². The first kappa shape index (κ1) is 17.6. The van der Waals surface area contributed by atoms with Crippen LogP contribution in [0.5, 0.6) is 0 Å². The number of imidazole rings is 1. The summed E-state index contributed by atoms with van der Waals surface area (Å²) < 4.78 is 0. The summed E-state index contributed by atoms with van der Waals surface area (Å²) in [6.45, 7) is 1.82. The maximum atomic E-state index is 12.6. The minimum absolute atomic E-state index is 0.0124. The number of aromatic amines is 1. The Bertz CT molecular complexity index is 1150. The summed E-state index contributed by atoms with van der Waals surface area (Å²) in [4.78, 5) is 36.1. The van der Waals surface area contributed by atoms with Crippen LogP contribution in [0.3, 0.4) is 0 Å². The van der Waals surface area contributed by atoms with Crippen molar-refractivity contribution in [3.05, 3.63) is 83.8 Å². The van der Waals surface area contributed by atoms with Gasteiger partial charge in [0, 0.05) is 22.9 Å². The third-order valence-electron chi connectivity index (χ3n) is 4.44. The Morgan fingerprint density at radius 1 is 1.00 bits per heavy atom. The van der Waals surface area contributed by atoms with Crippen molar-refractivity contribution in [2.24, 2.45) is 0 Å². The third-order valence-corrected chi connectivity index (χ3v) is 4.44.